The molecule has 0 aliphatic heterocycles. The number of nitrogens with zero attached hydrogens (tertiary/aromatic N) is 3. The van der Waals surface area contributed by atoms with Crippen molar-refractivity contribution in [1.82, 2.24) is 19.7 Å². The van der Waals surface area contributed by atoms with E-state index in [-0.39, 0.29) is 5.69 Å². The maximum Gasteiger partial charge on any atom is 0.343 e. The topological polar surface area (TPSA) is 89.6 Å². The van der Waals surface area contributed by atoms with Gasteiger partial charge in [-0.2, -0.15) is 0 Å². The minimum Gasteiger partial charge on any atom is -0.397 e. The smallest absolute Gasteiger partial charge is 0.343 e. The van der Waals surface area contributed by atoms with Crippen molar-refractivity contribution in [1.29, 1.82) is 0 Å². The van der Waals surface area contributed by atoms with Crippen LogP contribution in [0.4, 0.5) is 5.69 Å². The van der Waals surface area contributed by atoms with Crippen LogP contribution in [-0.2, 0) is 7.05 Å². The van der Waals surface area contributed by atoms with Crippen molar-refractivity contribution in [2.75, 3.05) is 5.73 Å². The van der Waals surface area contributed by atoms with Gasteiger partial charge >= 0.3 is 5.69 Å². The Hall–Kier alpha value is -2.28. The highest BCUT2D eigenvalue weighted by Gasteiger charge is 2.10. The van der Waals surface area contributed by atoms with E-state index in [1.807, 2.05) is 24.3 Å². The van der Waals surface area contributed by atoms with Crippen molar-refractivity contribution in [3.63, 3.8) is 0 Å². The first-order chi connectivity index (χ1) is 9.16. The Labute approximate surface area is 112 Å². The van der Waals surface area contributed by atoms with Crippen LogP contribution in [0.1, 0.15) is 0 Å². The first-order valence-corrected chi connectivity index (χ1v) is 6.41. The number of anilines is 1. The number of para-hydroxylation sites is 1. The summed E-state index contributed by atoms with van der Waals surface area (Å²) in [7, 11) is 1.67. The molecule has 0 aliphatic carbocycles. The standard InChI is InChI=1S/C12H11N5OS/c1-17-11(18)15-16-12(17)19-9-5-6-14-10-7(9)3-2-4-8(10)13/h2-6H,13H2,1H3,(H,15,18). The number of aromatic nitrogens is 4. The summed E-state index contributed by atoms with van der Waals surface area (Å²) >= 11 is 1.40. The van der Waals surface area contributed by atoms with E-state index in [2.05, 4.69) is 15.2 Å². The fraction of sp³-hybridized carbons (Fsp3) is 0.0833. The fourth-order valence-corrected chi connectivity index (χ4v) is 2.70. The predicted octanol–water partition coefficient (Wildman–Crippen LogP) is 1.39. The molecule has 6 nitrogen and oxygen atoms in total. The van der Waals surface area contributed by atoms with Crippen LogP contribution in [0.3, 0.4) is 0 Å². The zero-order valence-corrected chi connectivity index (χ0v) is 10.9. The highest BCUT2D eigenvalue weighted by molar-refractivity contribution is 7.99. The maximum atomic E-state index is 11.3. The highest BCUT2D eigenvalue weighted by Crippen LogP contribution is 2.32. The van der Waals surface area contributed by atoms with Gasteiger partial charge in [-0.15, -0.1) is 5.10 Å². The second-order valence-electron chi connectivity index (χ2n) is 4.02. The second-order valence-corrected chi connectivity index (χ2v) is 5.03. The van der Waals surface area contributed by atoms with Gasteiger partial charge in [0.1, 0.15) is 0 Å². The van der Waals surface area contributed by atoms with Gasteiger partial charge in [0.25, 0.3) is 0 Å². The molecule has 0 saturated carbocycles. The molecule has 0 aliphatic rings. The van der Waals surface area contributed by atoms with Gasteiger partial charge in [-0.1, -0.05) is 12.1 Å². The van der Waals surface area contributed by atoms with Crippen LogP contribution in [-0.4, -0.2) is 19.7 Å². The molecule has 0 spiro atoms. The lowest BCUT2D eigenvalue weighted by Gasteiger charge is -2.06. The highest BCUT2D eigenvalue weighted by atomic mass is 32.2. The normalized spacial score (nSPS) is 11.0. The third kappa shape index (κ3) is 1.97. The lowest BCUT2D eigenvalue weighted by molar-refractivity contribution is 0.766. The largest absolute Gasteiger partial charge is 0.397 e. The Balaban J connectivity index is 2.13. The zero-order chi connectivity index (χ0) is 13.4. The molecule has 3 rings (SSSR count). The Morgan fingerprint density at radius 2 is 2.21 bits per heavy atom. The summed E-state index contributed by atoms with van der Waals surface area (Å²) in [5.74, 6) is 0. The van der Waals surface area contributed by atoms with Crippen LogP contribution in [0.15, 0.2) is 45.3 Å². The van der Waals surface area contributed by atoms with Gasteiger partial charge in [-0.25, -0.2) is 9.89 Å². The van der Waals surface area contributed by atoms with Gasteiger partial charge in [0, 0.05) is 23.5 Å². The Kier molecular flexibility index (Phi) is 2.75. The van der Waals surface area contributed by atoms with Crippen LogP contribution < -0.4 is 11.4 Å². The van der Waals surface area contributed by atoms with Crippen molar-refractivity contribution in [2.24, 2.45) is 7.05 Å². The molecule has 2 aromatic heterocycles. The van der Waals surface area contributed by atoms with Gasteiger partial charge in [0.05, 0.1) is 11.2 Å². The van der Waals surface area contributed by atoms with E-state index < -0.39 is 0 Å². The molecule has 0 bridgehead atoms. The van der Waals surface area contributed by atoms with Crippen LogP contribution >= 0.6 is 11.8 Å². The number of hydrogen-bond acceptors (Lipinski definition) is 5. The van der Waals surface area contributed by atoms with Crippen LogP contribution in [0, 0.1) is 0 Å². The summed E-state index contributed by atoms with van der Waals surface area (Å²) in [4.78, 5) is 16.6. The van der Waals surface area contributed by atoms with Crippen LogP contribution in [0.5, 0.6) is 0 Å². The summed E-state index contributed by atoms with van der Waals surface area (Å²) in [5.41, 5.74) is 7.06. The van der Waals surface area contributed by atoms with Crippen molar-refractivity contribution >= 4 is 28.4 Å². The number of hydrogen-bond donors (Lipinski definition) is 2. The Morgan fingerprint density at radius 3 is 2.95 bits per heavy atom. The average Bonchev–Trinajstić information content (AvgIpc) is 2.72. The molecule has 0 unspecified atom stereocenters. The maximum absolute atomic E-state index is 11.3. The van der Waals surface area contributed by atoms with Crippen molar-refractivity contribution < 1.29 is 0 Å². The molecule has 0 atom stereocenters. The van der Waals surface area contributed by atoms with E-state index in [1.54, 1.807) is 13.2 Å². The second kappa shape index (κ2) is 4.43. The predicted molar refractivity (Wildman–Crippen MR) is 74.1 cm³/mol. The minimum absolute atomic E-state index is 0.236. The van der Waals surface area contributed by atoms with E-state index in [0.29, 0.717) is 10.8 Å². The monoisotopic (exact) mass is 273 g/mol. The van der Waals surface area contributed by atoms with E-state index >= 15 is 0 Å². The summed E-state index contributed by atoms with van der Waals surface area (Å²) < 4.78 is 1.46. The summed E-state index contributed by atoms with van der Waals surface area (Å²) in [6, 6.07) is 7.53. The molecule has 3 N–H and O–H groups in total. The third-order valence-electron chi connectivity index (χ3n) is 2.80. The molecule has 2 heterocycles. The van der Waals surface area contributed by atoms with E-state index in [4.69, 9.17) is 5.73 Å². The minimum atomic E-state index is -0.236. The number of nitrogens with two attached hydrogens (primary N) is 1. The molecule has 0 amide bonds. The van der Waals surface area contributed by atoms with Crippen molar-refractivity contribution in [3.05, 3.63) is 40.9 Å². The van der Waals surface area contributed by atoms with Gasteiger partial charge in [0.15, 0.2) is 5.16 Å². The quantitative estimate of drug-likeness (QED) is 0.689. The molecule has 0 radical (unpaired) electrons. The number of aromatic amines is 1. The molecule has 1 aromatic carbocycles. The van der Waals surface area contributed by atoms with Gasteiger partial charge in [-0.05, 0) is 23.9 Å². The summed E-state index contributed by atoms with van der Waals surface area (Å²) in [6.07, 6.45) is 1.70. The number of fused-ring (bicyclic) bond motifs is 1. The van der Waals surface area contributed by atoms with Gasteiger partial charge in [-0.3, -0.25) is 9.55 Å². The van der Waals surface area contributed by atoms with Crippen molar-refractivity contribution in [2.45, 2.75) is 10.1 Å². The molecular formula is C12H11N5OS. The number of nitrogens with one attached hydrogen (secondary N) is 1. The SMILES string of the molecule is Cn1c(Sc2ccnc3c(N)cccc23)n[nH]c1=O. The van der Waals surface area contributed by atoms with E-state index in [1.165, 1.54) is 16.3 Å². The number of benzene rings is 1. The van der Waals surface area contributed by atoms with Crippen LogP contribution in [0.2, 0.25) is 0 Å². The van der Waals surface area contributed by atoms with Gasteiger partial charge in [0.2, 0.25) is 0 Å². The average molecular weight is 273 g/mol. The molecule has 0 fully saturated rings. The van der Waals surface area contributed by atoms with Gasteiger partial charge < -0.3 is 5.73 Å². The molecule has 96 valence electrons. The number of nitrogen functional groups attached to an aromatic ring is 1. The Bertz CT molecular complexity index is 807. The summed E-state index contributed by atoms with van der Waals surface area (Å²) in [5, 5.41) is 7.93. The first-order valence-electron chi connectivity index (χ1n) is 5.59. The molecule has 19 heavy (non-hydrogen) atoms. The lowest BCUT2D eigenvalue weighted by atomic mass is 10.2. The Morgan fingerprint density at radius 1 is 1.37 bits per heavy atom. The fourth-order valence-electron chi connectivity index (χ4n) is 1.78. The first kappa shape index (κ1) is 11.8. The molecule has 0 saturated heterocycles. The number of rotatable bonds is 2. The molecule has 3 aromatic rings. The molecule has 7 heteroatoms. The van der Waals surface area contributed by atoms with Crippen LogP contribution in [0.25, 0.3) is 10.9 Å². The van der Waals surface area contributed by atoms with E-state index in [9.17, 15) is 4.79 Å². The summed E-state index contributed by atoms with van der Waals surface area (Å²) in [6.45, 7) is 0. The van der Waals surface area contributed by atoms with E-state index in [0.717, 1.165) is 15.8 Å². The number of H-pyrrole nitrogens is 1. The zero-order valence-electron chi connectivity index (χ0n) is 10.1. The number of pyridine rings is 1. The lowest BCUT2D eigenvalue weighted by Crippen LogP contribution is -2.12. The third-order valence-corrected chi connectivity index (χ3v) is 3.93. The van der Waals surface area contributed by atoms with Crippen molar-refractivity contribution in [3.8, 4) is 0 Å². The molecular weight excluding hydrogens is 262 g/mol.